The molecule has 30 heavy (non-hydrogen) atoms. The molecule has 160 valence electrons. The zero-order valence-corrected chi connectivity index (χ0v) is 17.3. The number of benzene rings is 2. The van der Waals surface area contributed by atoms with Gasteiger partial charge in [-0.1, -0.05) is 6.92 Å². The number of anilines is 2. The van der Waals surface area contributed by atoms with E-state index in [-0.39, 0.29) is 11.5 Å². The highest BCUT2D eigenvalue weighted by Gasteiger charge is 2.14. The van der Waals surface area contributed by atoms with Crippen molar-refractivity contribution >= 4 is 29.2 Å². The van der Waals surface area contributed by atoms with Crippen molar-refractivity contribution in [2.24, 2.45) is 0 Å². The third-order valence-electron chi connectivity index (χ3n) is 3.76. The average Bonchev–Trinajstić information content (AvgIpc) is 2.72. The van der Waals surface area contributed by atoms with E-state index in [1.54, 1.807) is 36.4 Å². The second-order valence-electron chi connectivity index (χ2n) is 6.33. The molecule has 2 aromatic rings. The van der Waals surface area contributed by atoms with Crippen LogP contribution in [-0.2, 0) is 14.3 Å². The van der Waals surface area contributed by atoms with E-state index in [2.05, 4.69) is 10.6 Å². The van der Waals surface area contributed by atoms with Crippen LogP contribution in [0.15, 0.2) is 42.5 Å². The Morgan fingerprint density at radius 3 is 2.13 bits per heavy atom. The number of rotatable bonds is 10. The third kappa shape index (κ3) is 7.12. The molecule has 2 rings (SSSR count). The maximum Gasteiger partial charge on any atom is 0.338 e. The van der Waals surface area contributed by atoms with E-state index >= 15 is 0 Å². The summed E-state index contributed by atoms with van der Waals surface area (Å²) in [6, 6.07) is 11.3. The van der Waals surface area contributed by atoms with Crippen molar-refractivity contribution in [1.29, 1.82) is 0 Å². The standard InChI is InChI=1S/C22H26N2O6/c1-4-12-29-19-11-6-16(13-20(19)28-5-2)22(27)30-14-21(26)24-18-9-7-17(8-10-18)23-15(3)25/h6-11,13H,4-5,12,14H2,1-3H3,(H,23,25)(H,24,26). The summed E-state index contributed by atoms with van der Waals surface area (Å²) in [6.07, 6.45) is 0.848. The summed E-state index contributed by atoms with van der Waals surface area (Å²) < 4.78 is 16.2. The molecule has 0 saturated carbocycles. The van der Waals surface area contributed by atoms with E-state index in [1.165, 1.54) is 13.0 Å². The van der Waals surface area contributed by atoms with Crippen molar-refractivity contribution in [3.63, 3.8) is 0 Å². The molecule has 8 nitrogen and oxygen atoms in total. The van der Waals surface area contributed by atoms with Crippen molar-refractivity contribution in [2.45, 2.75) is 27.2 Å². The SMILES string of the molecule is CCCOc1ccc(C(=O)OCC(=O)Nc2ccc(NC(C)=O)cc2)cc1OCC. The van der Waals surface area contributed by atoms with Crippen LogP contribution in [-0.4, -0.2) is 37.6 Å². The minimum absolute atomic E-state index is 0.184. The van der Waals surface area contributed by atoms with Crippen LogP contribution in [0.4, 0.5) is 11.4 Å². The quantitative estimate of drug-likeness (QED) is 0.576. The number of carbonyl (C=O) groups is 3. The van der Waals surface area contributed by atoms with Crippen LogP contribution in [0.3, 0.4) is 0 Å². The average molecular weight is 414 g/mol. The van der Waals surface area contributed by atoms with Crippen LogP contribution < -0.4 is 20.1 Å². The van der Waals surface area contributed by atoms with Crippen LogP contribution in [0.2, 0.25) is 0 Å². The van der Waals surface area contributed by atoms with Gasteiger partial charge in [-0.15, -0.1) is 0 Å². The Hall–Kier alpha value is -3.55. The first-order valence-corrected chi connectivity index (χ1v) is 9.67. The molecule has 0 spiro atoms. The molecule has 0 aromatic heterocycles. The number of carbonyl (C=O) groups excluding carboxylic acids is 3. The molecular weight excluding hydrogens is 388 g/mol. The van der Waals surface area contributed by atoms with Gasteiger partial charge in [0, 0.05) is 18.3 Å². The smallest absolute Gasteiger partial charge is 0.338 e. The highest BCUT2D eigenvalue weighted by Crippen LogP contribution is 2.29. The second kappa shape index (κ2) is 11.5. The second-order valence-corrected chi connectivity index (χ2v) is 6.33. The van der Waals surface area contributed by atoms with Crippen molar-refractivity contribution in [3.05, 3.63) is 48.0 Å². The van der Waals surface area contributed by atoms with Gasteiger partial charge >= 0.3 is 5.97 Å². The predicted octanol–water partition coefficient (Wildman–Crippen LogP) is 3.63. The molecule has 0 fully saturated rings. The summed E-state index contributed by atoms with van der Waals surface area (Å²) in [5, 5.41) is 5.25. The van der Waals surface area contributed by atoms with Gasteiger partial charge in [-0.3, -0.25) is 9.59 Å². The fraction of sp³-hybridized carbons (Fsp3) is 0.318. The lowest BCUT2D eigenvalue weighted by Crippen LogP contribution is -2.21. The zero-order chi connectivity index (χ0) is 21.9. The van der Waals surface area contributed by atoms with E-state index < -0.39 is 18.5 Å². The van der Waals surface area contributed by atoms with Crippen LogP contribution in [0.25, 0.3) is 0 Å². The summed E-state index contributed by atoms with van der Waals surface area (Å²) in [6.45, 7) is 5.76. The molecule has 0 bridgehead atoms. The Kier molecular flexibility index (Phi) is 8.68. The van der Waals surface area contributed by atoms with E-state index in [0.29, 0.717) is 36.1 Å². The Morgan fingerprint density at radius 1 is 0.867 bits per heavy atom. The maximum absolute atomic E-state index is 12.3. The van der Waals surface area contributed by atoms with E-state index in [9.17, 15) is 14.4 Å². The first-order chi connectivity index (χ1) is 14.4. The number of esters is 1. The largest absolute Gasteiger partial charge is 0.490 e. The first kappa shape index (κ1) is 22.7. The predicted molar refractivity (Wildman–Crippen MR) is 113 cm³/mol. The normalized spacial score (nSPS) is 10.1. The fourth-order valence-corrected chi connectivity index (χ4v) is 2.49. The Morgan fingerprint density at radius 2 is 1.53 bits per heavy atom. The molecule has 0 aliphatic rings. The zero-order valence-electron chi connectivity index (χ0n) is 17.3. The highest BCUT2D eigenvalue weighted by atomic mass is 16.5. The summed E-state index contributed by atoms with van der Waals surface area (Å²) in [7, 11) is 0. The maximum atomic E-state index is 12.3. The number of hydrogen-bond acceptors (Lipinski definition) is 6. The molecule has 0 radical (unpaired) electrons. The summed E-state index contributed by atoms with van der Waals surface area (Å²) in [4.78, 5) is 35.4. The van der Waals surface area contributed by atoms with Crippen LogP contribution >= 0.6 is 0 Å². The van der Waals surface area contributed by atoms with Crippen molar-refractivity contribution in [1.82, 2.24) is 0 Å². The first-order valence-electron chi connectivity index (χ1n) is 9.67. The molecule has 2 amide bonds. The summed E-state index contributed by atoms with van der Waals surface area (Å²) in [5.74, 6) is -0.311. The van der Waals surface area contributed by atoms with Crippen LogP contribution in [0.1, 0.15) is 37.6 Å². The molecule has 0 aliphatic carbocycles. The van der Waals surface area contributed by atoms with Gasteiger partial charge in [0.25, 0.3) is 5.91 Å². The fourth-order valence-electron chi connectivity index (χ4n) is 2.49. The van der Waals surface area contributed by atoms with Gasteiger partial charge in [0.15, 0.2) is 18.1 Å². The van der Waals surface area contributed by atoms with E-state index in [4.69, 9.17) is 14.2 Å². The highest BCUT2D eigenvalue weighted by molar-refractivity contribution is 5.96. The molecule has 0 heterocycles. The number of hydrogen-bond donors (Lipinski definition) is 2. The lowest BCUT2D eigenvalue weighted by molar-refractivity contribution is -0.119. The minimum Gasteiger partial charge on any atom is -0.490 e. The molecule has 0 atom stereocenters. The summed E-state index contributed by atoms with van der Waals surface area (Å²) in [5.41, 5.74) is 1.39. The van der Waals surface area contributed by atoms with Crippen molar-refractivity contribution in [3.8, 4) is 11.5 Å². The Labute approximate surface area is 175 Å². The van der Waals surface area contributed by atoms with Gasteiger partial charge in [0.2, 0.25) is 5.91 Å². The molecule has 0 saturated heterocycles. The number of amides is 2. The van der Waals surface area contributed by atoms with E-state index in [1.807, 2.05) is 13.8 Å². The monoisotopic (exact) mass is 414 g/mol. The minimum atomic E-state index is -0.644. The van der Waals surface area contributed by atoms with Gasteiger partial charge in [-0.25, -0.2) is 4.79 Å². The molecule has 0 unspecified atom stereocenters. The Balaban J connectivity index is 1.91. The third-order valence-corrected chi connectivity index (χ3v) is 3.76. The number of ether oxygens (including phenoxy) is 3. The molecule has 8 heteroatoms. The van der Waals surface area contributed by atoms with Crippen molar-refractivity contribution < 1.29 is 28.6 Å². The lowest BCUT2D eigenvalue weighted by atomic mass is 10.2. The molecule has 2 N–H and O–H groups in total. The summed E-state index contributed by atoms with van der Waals surface area (Å²) >= 11 is 0. The van der Waals surface area contributed by atoms with Crippen LogP contribution in [0.5, 0.6) is 11.5 Å². The number of nitrogens with one attached hydrogen (secondary N) is 2. The van der Waals surface area contributed by atoms with Gasteiger partial charge in [-0.2, -0.15) is 0 Å². The van der Waals surface area contributed by atoms with Gasteiger partial charge < -0.3 is 24.8 Å². The molecule has 2 aromatic carbocycles. The molecule has 0 aliphatic heterocycles. The molecular formula is C22H26N2O6. The Bertz CT molecular complexity index is 880. The van der Waals surface area contributed by atoms with Crippen LogP contribution in [0, 0.1) is 0 Å². The van der Waals surface area contributed by atoms with Gasteiger partial charge in [0.05, 0.1) is 18.8 Å². The van der Waals surface area contributed by atoms with Crippen molar-refractivity contribution in [2.75, 3.05) is 30.5 Å². The topological polar surface area (TPSA) is 103 Å². The van der Waals surface area contributed by atoms with Gasteiger partial charge in [0.1, 0.15) is 0 Å². The van der Waals surface area contributed by atoms with E-state index in [0.717, 1.165) is 6.42 Å². The lowest BCUT2D eigenvalue weighted by Gasteiger charge is -2.13. The van der Waals surface area contributed by atoms with Gasteiger partial charge in [-0.05, 0) is 55.8 Å².